The van der Waals surface area contributed by atoms with Crippen LogP contribution < -0.4 is 5.73 Å². The third kappa shape index (κ3) is 1.73. The van der Waals surface area contributed by atoms with E-state index < -0.39 is 18.6 Å². The quantitative estimate of drug-likeness (QED) is 0.692. The summed E-state index contributed by atoms with van der Waals surface area (Å²) >= 11 is 0. The fraction of sp³-hybridized carbons (Fsp3) is 0.600. The SMILES string of the molecule is NCC(c1ncn[nH]1)C(F)(F)F. The van der Waals surface area contributed by atoms with Gasteiger partial charge in [0.2, 0.25) is 0 Å². The fourth-order valence-electron chi connectivity index (χ4n) is 0.783. The van der Waals surface area contributed by atoms with Crippen LogP contribution >= 0.6 is 0 Å². The van der Waals surface area contributed by atoms with Crippen LogP contribution in [0.4, 0.5) is 13.2 Å². The Kier molecular flexibility index (Phi) is 2.32. The van der Waals surface area contributed by atoms with Crippen LogP contribution in [0.2, 0.25) is 0 Å². The second kappa shape index (κ2) is 3.10. The van der Waals surface area contributed by atoms with Crippen LogP contribution in [-0.4, -0.2) is 27.9 Å². The first-order chi connectivity index (χ1) is 5.55. The van der Waals surface area contributed by atoms with Gasteiger partial charge in [0.15, 0.2) is 0 Å². The molecule has 1 atom stereocenters. The van der Waals surface area contributed by atoms with Gasteiger partial charge in [0.1, 0.15) is 18.1 Å². The average molecular weight is 180 g/mol. The van der Waals surface area contributed by atoms with Gasteiger partial charge in [-0.15, -0.1) is 0 Å². The van der Waals surface area contributed by atoms with Crippen molar-refractivity contribution in [3.8, 4) is 0 Å². The number of alkyl halides is 3. The van der Waals surface area contributed by atoms with Crippen molar-refractivity contribution in [2.45, 2.75) is 12.1 Å². The number of nitrogens with one attached hydrogen (secondary N) is 1. The minimum absolute atomic E-state index is 0.245. The molecule has 0 amide bonds. The molecule has 0 fully saturated rings. The Labute approximate surface area is 66.0 Å². The lowest BCUT2D eigenvalue weighted by Crippen LogP contribution is -2.28. The largest absolute Gasteiger partial charge is 0.400 e. The lowest BCUT2D eigenvalue weighted by Gasteiger charge is -2.14. The van der Waals surface area contributed by atoms with E-state index in [1.165, 1.54) is 0 Å². The zero-order chi connectivity index (χ0) is 9.19. The zero-order valence-corrected chi connectivity index (χ0v) is 5.97. The summed E-state index contributed by atoms with van der Waals surface area (Å²) < 4.78 is 36.3. The van der Waals surface area contributed by atoms with E-state index in [-0.39, 0.29) is 5.82 Å². The van der Waals surface area contributed by atoms with E-state index in [1.807, 2.05) is 0 Å². The maximum absolute atomic E-state index is 12.1. The van der Waals surface area contributed by atoms with Crippen LogP contribution in [0.25, 0.3) is 0 Å². The second-order valence-corrected chi connectivity index (χ2v) is 2.20. The third-order valence-electron chi connectivity index (χ3n) is 1.39. The molecule has 7 heteroatoms. The molecular formula is C5H7F3N4. The maximum Gasteiger partial charge on any atom is 0.400 e. The van der Waals surface area contributed by atoms with Gasteiger partial charge in [0, 0.05) is 6.54 Å². The Balaban J connectivity index is 2.84. The first-order valence-electron chi connectivity index (χ1n) is 3.17. The molecule has 0 aliphatic heterocycles. The fourth-order valence-corrected chi connectivity index (χ4v) is 0.783. The van der Waals surface area contributed by atoms with E-state index in [0.717, 1.165) is 6.33 Å². The van der Waals surface area contributed by atoms with Crippen molar-refractivity contribution < 1.29 is 13.2 Å². The molecule has 1 heterocycles. The number of hydrogen-bond donors (Lipinski definition) is 2. The van der Waals surface area contributed by atoms with E-state index in [0.29, 0.717) is 0 Å². The van der Waals surface area contributed by atoms with Gasteiger partial charge in [-0.2, -0.15) is 18.3 Å². The molecule has 0 spiro atoms. The molecule has 0 radical (unpaired) electrons. The molecule has 0 aliphatic rings. The standard InChI is InChI=1S/C5H7F3N4/c6-5(7,8)3(1-9)4-10-2-11-12-4/h2-3H,1,9H2,(H,10,11,12). The van der Waals surface area contributed by atoms with E-state index in [2.05, 4.69) is 15.2 Å². The summed E-state index contributed by atoms with van der Waals surface area (Å²) in [6.45, 7) is -0.529. The number of halogens is 3. The number of aromatic amines is 1. The minimum Gasteiger partial charge on any atom is -0.329 e. The zero-order valence-electron chi connectivity index (χ0n) is 5.97. The molecule has 1 aromatic rings. The Morgan fingerprint density at radius 2 is 2.25 bits per heavy atom. The Bertz CT molecular complexity index is 229. The molecule has 0 aromatic carbocycles. The maximum atomic E-state index is 12.1. The number of H-pyrrole nitrogens is 1. The molecule has 4 nitrogen and oxygen atoms in total. The molecule has 0 bridgehead atoms. The highest BCUT2D eigenvalue weighted by Crippen LogP contribution is 2.31. The predicted molar refractivity (Wildman–Crippen MR) is 34.2 cm³/mol. The molecule has 3 N–H and O–H groups in total. The van der Waals surface area contributed by atoms with Gasteiger partial charge in [-0.3, -0.25) is 5.10 Å². The van der Waals surface area contributed by atoms with Crippen LogP contribution in [0, 0.1) is 0 Å². The monoisotopic (exact) mass is 180 g/mol. The Morgan fingerprint density at radius 1 is 1.58 bits per heavy atom. The lowest BCUT2D eigenvalue weighted by atomic mass is 10.1. The van der Waals surface area contributed by atoms with Gasteiger partial charge < -0.3 is 5.73 Å². The predicted octanol–water partition coefficient (Wildman–Crippen LogP) is 0.409. The summed E-state index contributed by atoms with van der Waals surface area (Å²) in [5.74, 6) is -2.00. The molecule has 0 saturated heterocycles. The van der Waals surface area contributed by atoms with Gasteiger partial charge in [-0.1, -0.05) is 0 Å². The van der Waals surface area contributed by atoms with Gasteiger partial charge in [-0.05, 0) is 0 Å². The summed E-state index contributed by atoms with van der Waals surface area (Å²) in [5, 5.41) is 5.45. The van der Waals surface area contributed by atoms with Crippen molar-refractivity contribution in [3.05, 3.63) is 12.2 Å². The molecule has 0 aliphatic carbocycles. The summed E-state index contributed by atoms with van der Waals surface area (Å²) in [4.78, 5) is 3.39. The van der Waals surface area contributed by atoms with Crippen molar-refractivity contribution in [1.82, 2.24) is 15.2 Å². The van der Waals surface area contributed by atoms with Crippen molar-refractivity contribution in [2.75, 3.05) is 6.54 Å². The summed E-state index contributed by atoms with van der Waals surface area (Å²) in [5.41, 5.74) is 4.94. The number of nitrogens with two attached hydrogens (primary N) is 1. The molecule has 12 heavy (non-hydrogen) atoms. The highest BCUT2D eigenvalue weighted by Gasteiger charge is 2.41. The lowest BCUT2D eigenvalue weighted by molar-refractivity contribution is -0.149. The summed E-state index contributed by atoms with van der Waals surface area (Å²) in [7, 11) is 0. The normalized spacial score (nSPS) is 14.7. The van der Waals surface area contributed by atoms with Crippen molar-refractivity contribution in [1.29, 1.82) is 0 Å². The second-order valence-electron chi connectivity index (χ2n) is 2.20. The Morgan fingerprint density at radius 3 is 2.58 bits per heavy atom. The third-order valence-corrected chi connectivity index (χ3v) is 1.39. The number of hydrogen-bond acceptors (Lipinski definition) is 3. The number of aromatic nitrogens is 3. The minimum atomic E-state index is -4.37. The Hall–Kier alpha value is -1.11. The van der Waals surface area contributed by atoms with Crippen molar-refractivity contribution in [3.63, 3.8) is 0 Å². The van der Waals surface area contributed by atoms with E-state index in [4.69, 9.17) is 5.73 Å². The summed E-state index contributed by atoms with van der Waals surface area (Å²) in [6.07, 6.45) is -3.35. The highest BCUT2D eigenvalue weighted by molar-refractivity contribution is 4.97. The first-order valence-corrected chi connectivity index (χ1v) is 3.17. The van der Waals surface area contributed by atoms with Crippen LogP contribution in [0.5, 0.6) is 0 Å². The molecular weight excluding hydrogens is 173 g/mol. The van der Waals surface area contributed by atoms with Crippen LogP contribution in [0.15, 0.2) is 6.33 Å². The smallest absolute Gasteiger partial charge is 0.329 e. The molecule has 1 rings (SSSR count). The van der Waals surface area contributed by atoms with Gasteiger partial charge in [-0.25, -0.2) is 4.98 Å². The number of rotatable bonds is 2. The van der Waals surface area contributed by atoms with Gasteiger partial charge in [0.25, 0.3) is 0 Å². The van der Waals surface area contributed by atoms with Crippen LogP contribution in [0.1, 0.15) is 11.7 Å². The van der Waals surface area contributed by atoms with E-state index in [9.17, 15) is 13.2 Å². The van der Waals surface area contributed by atoms with Crippen molar-refractivity contribution in [2.24, 2.45) is 5.73 Å². The molecule has 1 aromatic heterocycles. The van der Waals surface area contributed by atoms with Crippen LogP contribution in [0.3, 0.4) is 0 Å². The van der Waals surface area contributed by atoms with E-state index >= 15 is 0 Å². The van der Waals surface area contributed by atoms with Crippen molar-refractivity contribution >= 4 is 0 Å². The number of nitrogens with zero attached hydrogens (tertiary/aromatic N) is 2. The van der Waals surface area contributed by atoms with Gasteiger partial charge >= 0.3 is 6.18 Å². The topological polar surface area (TPSA) is 67.6 Å². The average Bonchev–Trinajstić information content (AvgIpc) is 2.38. The van der Waals surface area contributed by atoms with E-state index in [1.54, 1.807) is 0 Å². The van der Waals surface area contributed by atoms with Crippen LogP contribution in [-0.2, 0) is 0 Å². The molecule has 1 unspecified atom stereocenters. The molecule has 0 saturated carbocycles. The first kappa shape index (κ1) is 8.98. The highest BCUT2D eigenvalue weighted by atomic mass is 19.4. The summed E-state index contributed by atoms with van der Waals surface area (Å²) in [6, 6.07) is 0. The molecule has 68 valence electrons. The van der Waals surface area contributed by atoms with Gasteiger partial charge in [0.05, 0.1) is 0 Å².